The molecule has 1 aliphatic rings. The fourth-order valence-electron chi connectivity index (χ4n) is 2.48. The van der Waals surface area contributed by atoms with E-state index < -0.39 is 0 Å². The molecular weight excluding hydrogens is 326 g/mol. The molecule has 0 radical (unpaired) electrons. The lowest BCUT2D eigenvalue weighted by molar-refractivity contribution is 0.441. The summed E-state index contributed by atoms with van der Waals surface area (Å²) in [6.07, 6.45) is 7.08. The maximum Gasteiger partial charge on any atom is 0.215 e. The number of para-hydroxylation sites is 1. The highest BCUT2D eigenvalue weighted by atomic mass is 32.1. The molecule has 0 aliphatic carbocycles. The van der Waals surface area contributed by atoms with E-state index in [1.54, 1.807) is 23.2 Å². The summed E-state index contributed by atoms with van der Waals surface area (Å²) < 4.78 is 2.20. The highest BCUT2D eigenvalue weighted by molar-refractivity contribution is 7.73. The lowest BCUT2D eigenvalue weighted by Crippen LogP contribution is -1.93. The predicted octanol–water partition coefficient (Wildman–Crippen LogP) is 4.63. The van der Waals surface area contributed by atoms with Gasteiger partial charge >= 0.3 is 0 Å². The van der Waals surface area contributed by atoms with Crippen LogP contribution in [-0.2, 0) is 0 Å². The number of pyridine rings is 1. The van der Waals surface area contributed by atoms with Crippen LogP contribution in [0.2, 0.25) is 0 Å². The summed E-state index contributed by atoms with van der Waals surface area (Å²) in [5, 5.41) is 10.6. The van der Waals surface area contributed by atoms with Crippen LogP contribution < -0.4 is 0 Å². The van der Waals surface area contributed by atoms with Crippen LogP contribution in [-0.4, -0.2) is 20.9 Å². The Morgan fingerprint density at radius 3 is 2.87 bits per heavy atom. The maximum atomic E-state index is 10.6. The minimum atomic E-state index is 0.123. The molecule has 4 rings (SSSR count). The van der Waals surface area contributed by atoms with Crippen molar-refractivity contribution in [1.82, 2.24) is 9.55 Å². The van der Waals surface area contributed by atoms with Gasteiger partial charge in [0.1, 0.15) is 0 Å². The summed E-state index contributed by atoms with van der Waals surface area (Å²) in [4.78, 5) is 9.16. The molecule has 3 aromatic rings. The Labute approximate surface area is 141 Å². The third-order valence-electron chi connectivity index (χ3n) is 3.56. The number of aromatic hydroxyl groups is 1. The first-order valence-corrected chi connectivity index (χ1v) is 8.17. The molecule has 0 saturated heterocycles. The number of allylic oxidation sites excluding steroid dienone is 1. The lowest BCUT2D eigenvalue weighted by Gasteiger charge is -2.03. The Balaban J connectivity index is 1.83. The van der Waals surface area contributed by atoms with Crippen molar-refractivity contribution in [3.05, 3.63) is 63.2 Å². The summed E-state index contributed by atoms with van der Waals surface area (Å²) in [5.41, 5.74) is 3.70. The van der Waals surface area contributed by atoms with Gasteiger partial charge in [0, 0.05) is 23.5 Å². The molecular formula is C17H11N3OS2. The van der Waals surface area contributed by atoms with Crippen molar-refractivity contribution in [3.63, 3.8) is 0 Å². The van der Waals surface area contributed by atoms with Gasteiger partial charge in [-0.25, -0.2) is 0 Å². The summed E-state index contributed by atoms with van der Waals surface area (Å²) in [7, 11) is 0. The van der Waals surface area contributed by atoms with Gasteiger partial charge in [0.25, 0.3) is 0 Å². The van der Waals surface area contributed by atoms with Crippen LogP contribution in [0.1, 0.15) is 10.4 Å². The normalized spacial score (nSPS) is 14.3. The smallest absolute Gasteiger partial charge is 0.215 e. The average Bonchev–Trinajstić information content (AvgIpc) is 3.10. The molecule has 112 valence electrons. The van der Waals surface area contributed by atoms with Crippen LogP contribution in [0.15, 0.2) is 53.8 Å². The van der Waals surface area contributed by atoms with Crippen molar-refractivity contribution in [3.8, 4) is 11.6 Å². The first kappa shape index (κ1) is 14.0. The van der Waals surface area contributed by atoms with E-state index in [9.17, 15) is 5.11 Å². The first-order chi connectivity index (χ1) is 11.2. The number of hydrogen-bond donors (Lipinski definition) is 1. The van der Waals surface area contributed by atoms with Crippen LogP contribution >= 0.6 is 23.6 Å². The molecule has 0 fully saturated rings. The largest absolute Gasteiger partial charge is 0.493 e. The van der Waals surface area contributed by atoms with Crippen LogP contribution in [0.4, 0.5) is 5.69 Å². The average molecular weight is 337 g/mol. The number of aromatic nitrogens is 2. The van der Waals surface area contributed by atoms with Gasteiger partial charge in [-0.15, -0.1) is 11.3 Å². The molecule has 6 heteroatoms. The molecule has 1 aliphatic heterocycles. The van der Waals surface area contributed by atoms with E-state index in [1.807, 2.05) is 42.5 Å². The Hall–Kier alpha value is -2.57. The van der Waals surface area contributed by atoms with E-state index in [1.165, 1.54) is 11.3 Å². The number of benzene rings is 1. The van der Waals surface area contributed by atoms with Gasteiger partial charge in [0.05, 0.1) is 22.4 Å². The van der Waals surface area contributed by atoms with Crippen molar-refractivity contribution in [2.45, 2.75) is 0 Å². The van der Waals surface area contributed by atoms with Gasteiger partial charge in [-0.05, 0) is 36.5 Å². The SMILES string of the molecule is Oc1c(/C=C2/C=Nc3ccccc32)sc(=S)n1-c1cccnc1. The van der Waals surface area contributed by atoms with Gasteiger partial charge in [0.15, 0.2) is 3.95 Å². The highest BCUT2D eigenvalue weighted by Gasteiger charge is 2.16. The van der Waals surface area contributed by atoms with Crippen LogP contribution in [0.3, 0.4) is 0 Å². The van der Waals surface area contributed by atoms with Crippen molar-refractivity contribution in [1.29, 1.82) is 0 Å². The Morgan fingerprint density at radius 1 is 1.17 bits per heavy atom. The van der Waals surface area contributed by atoms with Crippen molar-refractivity contribution >= 4 is 47.1 Å². The van der Waals surface area contributed by atoms with E-state index in [4.69, 9.17) is 12.2 Å². The second kappa shape index (κ2) is 5.57. The first-order valence-electron chi connectivity index (χ1n) is 6.94. The van der Waals surface area contributed by atoms with Gasteiger partial charge in [0.2, 0.25) is 5.88 Å². The fourth-order valence-corrected chi connectivity index (χ4v) is 3.79. The van der Waals surface area contributed by atoms with Crippen LogP contribution in [0.25, 0.3) is 17.3 Å². The molecule has 0 atom stereocenters. The molecule has 0 unspecified atom stereocenters. The quantitative estimate of drug-likeness (QED) is 0.694. The molecule has 3 heterocycles. The Morgan fingerprint density at radius 2 is 2.04 bits per heavy atom. The highest BCUT2D eigenvalue weighted by Crippen LogP contribution is 2.36. The van der Waals surface area contributed by atoms with Crippen LogP contribution in [0, 0.1) is 3.95 Å². The summed E-state index contributed by atoms with van der Waals surface area (Å²) in [5.74, 6) is 0.123. The van der Waals surface area contributed by atoms with E-state index >= 15 is 0 Å². The Bertz CT molecular complexity index is 1000. The number of thiazole rings is 1. The zero-order valence-corrected chi connectivity index (χ0v) is 13.5. The third-order valence-corrected chi connectivity index (χ3v) is 4.87. The third kappa shape index (κ3) is 2.42. The minimum absolute atomic E-state index is 0.123. The van der Waals surface area contributed by atoms with E-state index in [-0.39, 0.29) is 5.88 Å². The van der Waals surface area contributed by atoms with Crippen molar-refractivity contribution in [2.24, 2.45) is 4.99 Å². The molecule has 0 amide bonds. The second-order valence-electron chi connectivity index (χ2n) is 4.98. The molecule has 23 heavy (non-hydrogen) atoms. The standard InChI is InChI=1S/C17H11N3OS2/c21-16-15(8-11-9-19-14-6-2-1-5-13(11)14)23-17(22)20(16)12-4-3-7-18-10-12/h1-10,21H/b11-8-. The summed E-state index contributed by atoms with van der Waals surface area (Å²) >= 11 is 6.75. The fraction of sp³-hybridized carbons (Fsp3) is 0. The van der Waals surface area contributed by atoms with E-state index in [0.717, 1.165) is 22.5 Å². The maximum absolute atomic E-state index is 10.6. The zero-order chi connectivity index (χ0) is 15.8. The topological polar surface area (TPSA) is 50.4 Å². The van der Waals surface area contributed by atoms with E-state index in [0.29, 0.717) is 8.83 Å². The number of rotatable bonds is 2. The van der Waals surface area contributed by atoms with Gasteiger partial charge in [-0.2, -0.15) is 0 Å². The number of hydrogen-bond acceptors (Lipinski definition) is 5. The summed E-state index contributed by atoms with van der Waals surface area (Å²) in [6.45, 7) is 0. The number of fused-ring (bicyclic) bond motifs is 1. The number of nitrogens with zero attached hydrogens (tertiary/aromatic N) is 3. The molecule has 0 bridgehead atoms. The van der Waals surface area contributed by atoms with E-state index in [2.05, 4.69) is 9.98 Å². The van der Waals surface area contributed by atoms with Crippen molar-refractivity contribution in [2.75, 3.05) is 0 Å². The predicted molar refractivity (Wildman–Crippen MR) is 96.4 cm³/mol. The zero-order valence-electron chi connectivity index (χ0n) is 11.9. The number of aliphatic imine (C=N–C) groups is 1. The second-order valence-corrected chi connectivity index (χ2v) is 6.65. The molecule has 1 N–H and O–H groups in total. The Kier molecular flexibility index (Phi) is 3.40. The summed E-state index contributed by atoms with van der Waals surface area (Å²) in [6, 6.07) is 11.6. The molecule has 0 saturated carbocycles. The van der Waals surface area contributed by atoms with Crippen molar-refractivity contribution < 1.29 is 5.11 Å². The molecule has 4 nitrogen and oxygen atoms in total. The van der Waals surface area contributed by atoms with Gasteiger partial charge < -0.3 is 5.11 Å². The van der Waals surface area contributed by atoms with Gasteiger partial charge in [-0.3, -0.25) is 14.5 Å². The molecule has 2 aromatic heterocycles. The molecule has 1 aromatic carbocycles. The van der Waals surface area contributed by atoms with Crippen LogP contribution in [0.5, 0.6) is 5.88 Å². The monoisotopic (exact) mass is 337 g/mol. The lowest BCUT2D eigenvalue weighted by atomic mass is 10.1. The molecule has 0 spiro atoms. The van der Waals surface area contributed by atoms with Gasteiger partial charge in [-0.1, -0.05) is 18.2 Å². The minimum Gasteiger partial charge on any atom is -0.493 e.